The van der Waals surface area contributed by atoms with E-state index < -0.39 is 5.56 Å². The van der Waals surface area contributed by atoms with Crippen LogP contribution in [-0.2, 0) is 6.42 Å². The van der Waals surface area contributed by atoms with Crippen LogP contribution in [0, 0.1) is 11.3 Å². The molecule has 0 saturated carbocycles. The fourth-order valence-corrected chi connectivity index (χ4v) is 2.59. The predicted molar refractivity (Wildman–Crippen MR) is 100 cm³/mol. The number of benzene rings is 2. The molecule has 0 bridgehead atoms. The Balaban J connectivity index is 1.84. The van der Waals surface area contributed by atoms with Crippen molar-refractivity contribution in [2.75, 3.05) is 19.0 Å². The van der Waals surface area contributed by atoms with E-state index in [1.807, 2.05) is 36.4 Å². The summed E-state index contributed by atoms with van der Waals surface area (Å²) in [4.78, 5) is 19.3. The van der Waals surface area contributed by atoms with Gasteiger partial charge in [0.15, 0.2) is 0 Å². The van der Waals surface area contributed by atoms with Crippen LogP contribution in [0.5, 0.6) is 5.75 Å². The average Bonchev–Trinajstić information content (AvgIpc) is 2.68. The van der Waals surface area contributed by atoms with Crippen LogP contribution in [0.25, 0.3) is 11.3 Å². The number of hydrogen-bond donors (Lipinski definition) is 2. The second kappa shape index (κ2) is 7.99. The maximum absolute atomic E-state index is 12.2. The molecule has 0 aliphatic rings. The minimum Gasteiger partial charge on any atom is -0.497 e. The topological polar surface area (TPSA) is 90.8 Å². The number of nitrogens with zero attached hydrogens (tertiary/aromatic N) is 2. The first-order valence-corrected chi connectivity index (χ1v) is 8.18. The number of methoxy groups -OCH3 is 1. The third-order valence-corrected chi connectivity index (χ3v) is 3.94. The highest BCUT2D eigenvalue weighted by atomic mass is 16.5. The molecule has 6 heteroatoms. The monoisotopic (exact) mass is 346 g/mol. The maximum Gasteiger partial charge on any atom is 0.270 e. The van der Waals surface area contributed by atoms with Crippen LogP contribution in [0.1, 0.15) is 11.1 Å². The van der Waals surface area contributed by atoms with Gasteiger partial charge in [0, 0.05) is 12.1 Å². The van der Waals surface area contributed by atoms with Crippen molar-refractivity contribution in [3.05, 3.63) is 76.1 Å². The summed E-state index contributed by atoms with van der Waals surface area (Å²) >= 11 is 0. The van der Waals surface area contributed by atoms with Crippen molar-refractivity contribution in [2.24, 2.45) is 0 Å². The number of H-pyrrole nitrogens is 1. The molecule has 0 radical (unpaired) electrons. The third kappa shape index (κ3) is 3.90. The highest BCUT2D eigenvalue weighted by Crippen LogP contribution is 2.22. The second-order valence-corrected chi connectivity index (χ2v) is 5.64. The van der Waals surface area contributed by atoms with Gasteiger partial charge in [0.1, 0.15) is 17.4 Å². The first-order chi connectivity index (χ1) is 12.7. The largest absolute Gasteiger partial charge is 0.497 e. The normalized spacial score (nSPS) is 10.2. The zero-order valence-corrected chi connectivity index (χ0v) is 14.3. The van der Waals surface area contributed by atoms with E-state index >= 15 is 0 Å². The van der Waals surface area contributed by atoms with Crippen molar-refractivity contribution in [1.29, 1.82) is 5.26 Å². The van der Waals surface area contributed by atoms with Crippen molar-refractivity contribution in [3.8, 4) is 23.1 Å². The second-order valence-electron chi connectivity index (χ2n) is 5.64. The molecule has 0 fully saturated rings. The molecule has 0 atom stereocenters. The highest BCUT2D eigenvalue weighted by Gasteiger charge is 2.13. The van der Waals surface area contributed by atoms with Crippen LogP contribution in [0.2, 0.25) is 0 Å². The van der Waals surface area contributed by atoms with E-state index in [9.17, 15) is 10.1 Å². The summed E-state index contributed by atoms with van der Waals surface area (Å²) in [6.45, 7) is 0.612. The quantitative estimate of drug-likeness (QED) is 0.716. The number of nitriles is 1. The molecule has 0 saturated heterocycles. The van der Waals surface area contributed by atoms with Crippen LogP contribution < -0.4 is 15.6 Å². The molecule has 3 aromatic rings. The summed E-state index contributed by atoms with van der Waals surface area (Å²) in [7, 11) is 1.58. The Morgan fingerprint density at radius 2 is 1.88 bits per heavy atom. The molecule has 0 aliphatic heterocycles. The Hall–Kier alpha value is -3.59. The minimum atomic E-state index is -0.462. The molecule has 1 heterocycles. The lowest BCUT2D eigenvalue weighted by Crippen LogP contribution is -2.18. The van der Waals surface area contributed by atoms with Crippen LogP contribution in [-0.4, -0.2) is 23.6 Å². The molecule has 26 heavy (non-hydrogen) atoms. The van der Waals surface area contributed by atoms with Gasteiger partial charge in [-0.3, -0.25) is 9.78 Å². The lowest BCUT2D eigenvalue weighted by atomic mass is 10.1. The summed E-state index contributed by atoms with van der Waals surface area (Å²) < 4.78 is 5.14. The van der Waals surface area contributed by atoms with E-state index in [1.54, 1.807) is 31.4 Å². The highest BCUT2D eigenvalue weighted by molar-refractivity contribution is 5.67. The zero-order chi connectivity index (χ0) is 18.4. The van der Waals surface area contributed by atoms with Crippen molar-refractivity contribution in [3.63, 3.8) is 0 Å². The molecule has 2 aromatic carbocycles. The number of aromatic amines is 1. The van der Waals surface area contributed by atoms with Crippen LogP contribution in [0.4, 0.5) is 5.95 Å². The van der Waals surface area contributed by atoms with Crippen molar-refractivity contribution < 1.29 is 4.74 Å². The van der Waals surface area contributed by atoms with Crippen molar-refractivity contribution in [1.82, 2.24) is 9.97 Å². The first kappa shape index (κ1) is 17.2. The molecule has 0 aliphatic carbocycles. The molecule has 130 valence electrons. The lowest BCUT2D eigenvalue weighted by molar-refractivity contribution is 0.415. The van der Waals surface area contributed by atoms with Gasteiger partial charge in [-0.1, -0.05) is 30.3 Å². The smallest absolute Gasteiger partial charge is 0.270 e. The fourth-order valence-electron chi connectivity index (χ4n) is 2.59. The van der Waals surface area contributed by atoms with Crippen LogP contribution >= 0.6 is 0 Å². The van der Waals surface area contributed by atoms with E-state index in [1.165, 1.54) is 5.56 Å². The van der Waals surface area contributed by atoms with Gasteiger partial charge in [-0.25, -0.2) is 4.98 Å². The van der Waals surface area contributed by atoms with Gasteiger partial charge < -0.3 is 10.1 Å². The molecule has 1 aromatic heterocycles. The molecule has 0 unspecified atom stereocenters. The van der Waals surface area contributed by atoms with E-state index in [0.29, 0.717) is 29.5 Å². The van der Waals surface area contributed by atoms with Gasteiger partial charge >= 0.3 is 0 Å². The zero-order valence-electron chi connectivity index (χ0n) is 14.3. The van der Waals surface area contributed by atoms with Gasteiger partial charge in [-0.15, -0.1) is 0 Å². The molecule has 3 rings (SSSR count). The molecular formula is C20H18N4O2. The predicted octanol–water partition coefficient (Wildman–Crippen LogP) is 2.97. The lowest BCUT2D eigenvalue weighted by Gasteiger charge is -2.09. The van der Waals surface area contributed by atoms with E-state index in [0.717, 1.165) is 6.42 Å². The number of anilines is 1. The third-order valence-electron chi connectivity index (χ3n) is 3.94. The Morgan fingerprint density at radius 1 is 1.15 bits per heavy atom. The fraction of sp³-hybridized carbons (Fsp3) is 0.150. The number of rotatable bonds is 6. The van der Waals surface area contributed by atoms with E-state index in [2.05, 4.69) is 15.3 Å². The molecule has 6 nitrogen and oxygen atoms in total. The Bertz CT molecular complexity index is 973. The molecule has 0 amide bonds. The van der Waals surface area contributed by atoms with E-state index in [-0.39, 0.29) is 5.56 Å². The standard InChI is InChI=1S/C20H18N4O2/c1-26-16-9-7-15(8-10-16)18-17(13-21)19(25)24-20(23-18)22-12-11-14-5-3-2-4-6-14/h2-10H,11-12H2,1H3,(H2,22,23,24,25). The van der Waals surface area contributed by atoms with Gasteiger partial charge in [0.2, 0.25) is 5.95 Å². The van der Waals surface area contributed by atoms with Crippen molar-refractivity contribution in [2.45, 2.75) is 6.42 Å². The Kier molecular flexibility index (Phi) is 5.30. The Morgan fingerprint density at radius 3 is 2.54 bits per heavy atom. The summed E-state index contributed by atoms with van der Waals surface area (Å²) in [6.07, 6.45) is 0.794. The van der Waals surface area contributed by atoms with Crippen molar-refractivity contribution >= 4 is 5.95 Å². The first-order valence-electron chi connectivity index (χ1n) is 8.18. The van der Waals surface area contributed by atoms with Gasteiger partial charge in [0.25, 0.3) is 5.56 Å². The molecular weight excluding hydrogens is 328 g/mol. The molecule has 0 spiro atoms. The average molecular weight is 346 g/mol. The molecule has 2 N–H and O–H groups in total. The van der Waals surface area contributed by atoms with Gasteiger partial charge in [-0.2, -0.15) is 5.26 Å². The summed E-state index contributed by atoms with van der Waals surface area (Å²) in [5.74, 6) is 1.04. The van der Waals surface area contributed by atoms with E-state index in [4.69, 9.17) is 4.74 Å². The van der Waals surface area contributed by atoms with Gasteiger partial charge in [0.05, 0.1) is 12.8 Å². The number of aromatic nitrogens is 2. The van der Waals surface area contributed by atoms with Crippen LogP contribution in [0.15, 0.2) is 59.4 Å². The Labute approximate surface area is 151 Å². The SMILES string of the molecule is COc1ccc(-c2nc(NCCc3ccccc3)[nH]c(=O)c2C#N)cc1. The number of nitrogens with one attached hydrogen (secondary N) is 2. The summed E-state index contributed by atoms with van der Waals surface area (Å²) in [5, 5.41) is 12.4. The minimum absolute atomic E-state index is 0.0104. The summed E-state index contributed by atoms with van der Waals surface area (Å²) in [5.41, 5.74) is 1.74. The maximum atomic E-state index is 12.2. The van der Waals surface area contributed by atoms with Crippen LogP contribution in [0.3, 0.4) is 0 Å². The summed E-state index contributed by atoms with van der Waals surface area (Å²) in [6, 6.07) is 19.0. The number of hydrogen-bond acceptors (Lipinski definition) is 5. The van der Waals surface area contributed by atoms with Gasteiger partial charge in [-0.05, 0) is 36.2 Å². The number of ether oxygens (including phenoxy) is 1.